The molecule has 56 valence electrons. The van der Waals surface area contributed by atoms with Crippen molar-refractivity contribution in [3.63, 3.8) is 0 Å². The summed E-state index contributed by atoms with van der Waals surface area (Å²) in [4.78, 5) is 0.815. The molecule has 0 saturated heterocycles. The summed E-state index contributed by atoms with van der Waals surface area (Å²) < 4.78 is 0. The first kappa shape index (κ1) is 7.85. The third kappa shape index (κ3) is 1.42. The predicted molar refractivity (Wildman–Crippen MR) is 42.8 cm³/mol. The maximum Gasteiger partial charge on any atom is 0.114 e. The largest absolute Gasteiger partial charge is 0.386 e. The van der Waals surface area contributed by atoms with Crippen molar-refractivity contribution in [2.24, 2.45) is 0 Å². The van der Waals surface area contributed by atoms with E-state index in [1.165, 1.54) is 11.8 Å². The summed E-state index contributed by atoms with van der Waals surface area (Å²) in [5.74, 6) is 0. The molecule has 0 heterocycles. The number of rotatable bonds is 1. The van der Waals surface area contributed by atoms with Gasteiger partial charge in [-0.05, 0) is 6.26 Å². The highest BCUT2D eigenvalue weighted by Gasteiger charge is 2.19. The molecule has 0 radical (unpaired) electrons. The molecule has 0 bridgehead atoms. The highest BCUT2D eigenvalue weighted by Crippen LogP contribution is 2.22. The van der Waals surface area contributed by atoms with E-state index >= 15 is 0 Å². The molecule has 1 aliphatic carbocycles. The average Bonchev–Trinajstić information content (AvgIpc) is 1.95. The summed E-state index contributed by atoms with van der Waals surface area (Å²) in [6, 6.07) is 0. The van der Waals surface area contributed by atoms with Crippen molar-refractivity contribution in [1.82, 2.24) is 0 Å². The lowest BCUT2D eigenvalue weighted by Crippen LogP contribution is -2.26. The molecule has 2 nitrogen and oxygen atoms in total. The molecule has 3 heteroatoms. The Kier molecular flexibility index (Phi) is 2.54. The van der Waals surface area contributed by atoms with Gasteiger partial charge in [0, 0.05) is 4.91 Å². The minimum Gasteiger partial charge on any atom is -0.386 e. The van der Waals surface area contributed by atoms with Crippen molar-refractivity contribution in [2.75, 3.05) is 6.26 Å². The zero-order valence-electron chi connectivity index (χ0n) is 5.69. The van der Waals surface area contributed by atoms with Gasteiger partial charge in [-0.2, -0.15) is 0 Å². The SMILES string of the molecule is CSC1=CC=CC(O)C1O. The first-order valence-electron chi connectivity index (χ1n) is 3.04. The van der Waals surface area contributed by atoms with Gasteiger partial charge in [0.15, 0.2) is 0 Å². The summed E-state index contributed by atoms with van der Waals surface area (Å²) in [6.45, 7) is 0. The third-order valence-corrected chi connectivity index (χ3v) is 2.27. The topological polar surface area (TPSA) is 40.5 Å². The van der Waals surface area contributed by atoms with E-state index in [1.54, 1.807) is 12.2 Å². The smallest absolute Gasteiger partial charge is 0.114 e. The first-order chi connectivity index (χ1) is 4.75. The standard InChI is InChI=1S/C7H10O2S/c1-10-6-4-2-3-5(8)7(6)9/h2-5,7-9H,1H3. The molecule has 0 aromatic carbocycles. The van der Waals surface area contributed by atoms with Gasteiger partial charge < -0.3 is 10.2 Å². The molecule has 2 N–H and O–H groups in total. The Morgan fingerprint density at radius 3 is 2.70 bits per heavy atom. The monoisotopic (exact) mass is 158 g/mol. The zero-order valence-corrected chi connectivity index (χ0v) is 6.51. The lowest BCUT2D eigenvalue weighted by atomic mass is 10.1. The Morgan fingerprint density at radius 2 is 2.20 bits per heavy atom. The maximum absolute atomic E-state index is 9.25. The number of aliphatic hydroxyl groups excluding tert-OH is 2. The van der Waals surface area contributed by atoms with Crippen LogP contribution in [-0.2, 0) is 0 Å². The predicted octanol–water partition coefficient (Wildman–Crippen LogP) is 0.525. The van der Waals surface area contributed by atoms with E-state index in [2.05, 4.69) is 0 Å². The van der Waals surface area contributed by atoms with Gasteiger partial charge in [-0.25, -0.2) is 0 Å². The molecule has 0 aliphatic heterocycles. The van der Waals surface area contributed by atoms with Gasteiger partial charge in [-0.15, -0.1) is 11.8 Å². The van der Waals surface area contributed by atoms with Crippen LogP contribution in [0.1, 0.15) is 0 Å². The minimum atomic E-state index is -0.729. The molecule has 1 aliphatic rings. The van der Waals surface area contributed by atoms with Gasteiger partial charge in [-0.1, -0.05) is 18.2 Å². The third-order valence-electron chi connectivity index (χ3n) is 1.42. The second-order valence-corrected chi connectivity index (χ2v) is 2.97. The molecule has 0 fully saturated rings. The molecule has 0 aromatic rings. The summed E-state index contributed by atoms with van der Waals surface area (Å²) in [5.41, 5.74) is 0. The molecule has 0 spiro atoms. The Bertz CT molecular complexity index is 174. The molecule has 2 unspecified atom stereocenters. The van der Waals surface area contributed by atoms with Crippen molar-refractivity contribution in [3.8, 4) is 0 Å². The lowest BCUT2D eigenvalue weighted by molar-refractivity contribution is 0.0770. The van der Waals surface area contributed by atoms with E-state index in [4.69, 9.17) is 5.11 Å². The van der Waals surface area contributed by atoms with E-state index in [0.717, 1.165) is 4.91 Å². The van der Waals surface area contributed by atoms with Crippen LogP contribution in [0.2, 0.25) is 0 Å². The molecule has 0 amide bonds. The molecule has 10 heavy (non-hydrogen) atoms. The van der Waals surface area contributed by atoms with Gasteiger partial charge in [0.25, 0.3) is 0 Å². The van der Waals surface area contributed by atoms with E-state index in [9.17, 15) is 5.11 Å². The summed E-state index contributed by atoms with van der Waals surface area (Å²) >= 11 is 1.46. The molecule has 0 saturated carbocycles. The second-order valence-electron chi connectivity index (χ2n) is 2.09. The maximum atomic E-state index is 9.25. The van der Waals surface area contributed by atoms with Crippen LogP contribution < -0.4 is 0 Å². The average molecular weight is 158 g/mol. The summed E-state index contributed by atoms with van der Waals surface area (Å²) in [6.07, 6.45) is 5.56. The zero-order chi connectivity index (χ0) is 7.56. The van der Waals surface area contributed by atoms with Crippen molar-refractivity contribution < 1.29 is 10.2 Å². The van der Waals surface area contributed by atoms with Crippen LogP contribution in [0.4, 0.5) is 0 Å². The van der Waals surface area contributed by atoms with Gasteiger partial charge >= 0.3 is 0 Å². The minimum absolute atomic E-state index is 0.722. The van der Waals surface area contributed by atoms with Crippen LogP contribution in [0.3, 0.4) is 0 Å². The quantitative estimate of drug-likeness (QED) is 0.584. The lowest BCUT2D eigenvalue weighted by Gasteiger charge is -2.18. The Hall–Kier alpha value is -0.250. The van der Waals surface area contributed by atoms with Crippen molar-refractivity contribution >= 4 is 11.8 Å². The number of hydrogen-bond acceptors (Lipinski definition) is 3. The molecular weight excluding hydrogens is 148 g/mol. The second kappa shape index (κ2) is 3.23. The highest BCUT2D eigenvalue weighted by molar-refractivity contribution is 8.02. The van der Waals surface area contributed by atoms with Crippen LogP contribution in [0.5, 0.6) is 0 Å². The fourth-order valence-corrected chi connectivity index (χ4v) is 1.42. The molecule has 0 aromatic heterocycles. The van der Waals surface area contributed by atoms with E-state index < -0.39 is 12.2 Å². The van der Waals surface area contributed by atoms with Crippen LogP contribution in [0, 0.1) is 0 Å². The number of aliphatic hydroxyl groups is 2. The van der Waals surface area contributed by atoms with Crippen LogP contribution in [0.15, 0.2) is 23.1 Å². The van der Waals surface area contributed by atoms with Crippen molar-refractivity contribution in [1.29, 1.82) is 0 Å². The van der Waals surface area contributed by atoms with Gasteiger partial charge in [-0.3, -0.25) is 0 Å². The number of thioether (sulfide) groups is 1. The van der Waals surface area contributed by atoms with Gasteiger partial charge in [0.2, 0.25) is 0 Å². The van der Waals surface area contributed by atoms with Crippen LogP contribution in [-0.4, -0.2) is 28.7 Å². The van der Waals surface area contributed by atoms with Crippen LogP contribution in [0.25, 0.3) is 0 Å². The van der Waals surface area contributed by atoms with Crippen LogP contribution >= 0.6 is 11.8 Å². The first-order valence-corrected chi connectivity index (χ1v) is 4.26. The number of allylic oxidation sites excluding steroid dienone is 2. The summed E-state index contributed by atoms with van der Waals surface area (Å²) in [7, 11) is 0. The van der Waals surface area contributed by atoms with Gasteiger partial charge in [0.1, 0.15) is 12.2 Å². The number of hydrogen-bond donors (Lipinski definition) is 2. The fraction of sp³-hybridized carbons (Fsp3) is 0.429. The Labute approximate surface area is 64.3 Å². The van der Waals surface area contributed by atoms with E-state index in [1.807, 2.05) is 12.3 Å². The van der Waals surface area contributed by atoms with Gasteiger partial charge in [0.05, 0.1) is 0 Å². The fourth-order valence-electron chi connectivity index (χ4n) is 0.825. The Morgan fingerprint density at radius 1 is 1.50 bits per heavy atom. The van der Waals surface area contributed by atoms with Crippen molar-refractivity contribution in [3.05, 3.63) is 23.1 Å². The normalized spacial score (nSPS) is 32.1. The molecular formula is C7H10O2S. The molecule has 2 atom stereocenters. The molecule has 1 rings (SSSR count). The van der Waals surface area contributed by atoms with Crippen molar-refractivity contribution in [2.45, 2.75) is 12.2 Å². The van der Waals surface area contributed by atoms with E-state index in [-0.39, 0.29) is 0 Å². The highest BCUT2D eigenvalue weighted by atomic mass is 32.2. The Balaban J connectivity index is 2.71. The van der Waals surface area contributed by atoms with E-state index in [0.29, 0.717) is 0 Å². The summed E-state index contributed by atoms with van der Waals surface area (Å²) in [5, 5.41) is 18.3.